The monoisotopic (exact) mass is 180 g/mol. The van der Waals surface area contributed by atoms with Crippen molar-refractivity contribution in [2.24, 2.45) is 0 Å². The third kappa shape index (κ3) is 2.09. The quantitative estimate of drug-likeness (QED) is 0.697. The first-order valence-corrected chi connectivity index (χ1v) is 3.55. The lowest BCUT2D eigenvalue weighted by Gasteiger charge is -2.00. The molecule has 1 aromatic rings. The Morgan fingerprint density at radius 3 is 2.69 bits per heavy atom. The first-order chi connectivity index (χ1) is 6.15. The molecule has 1 rings (SSSR count). The van der Waals surface area contributed by atoms with Gasteiger partial charge in [0.25, 0.3) is 0 Å². The van der Waals surface area contributed by atoms with E-state index in [4.69, 9.17) is 10.7 Å². The summed E-state index contributed by atoms with van der Waals surface area (Å²) in [5.74, 6) is -1.49. The second-order valence-corrected chi connectivity index (χ2v) is 2.44. The Bertz CT molecular complexity index is 380. The summed E-state index contributed by atoms with van der Waals surface area (Å²) in [4.78, 5) is 0. The summed E-state index contributed by atoms with van der Waals surface area (Å²) >= 11 is 0. The van der Waals surface area contributed by atoms with Crippen LogP contribution < -0.4 is 0 Å². The molecule has 1 aromatic carbocycles. The van der Waals surface area contributed by atoms with E-state index in [1.54, 1.807) is 6.07 Å². The molecule has 0 radical (unpaired) electrons. The summed E-state index contributed by atoms with van der Waals surface area (Å²) in [6.07, 6.45) is -0.178. The van der Waals surface area contributed by atoms with Gasteiger partial charge in [0.1, 0.15) is 11.6 Å². The van der Waals surface area contributed by atoms with Gasteiger partial charge >= 0.3 is 0 Å². The van der Waals surface area contributed by atoms with E-state index in [2.05, 4.69) is 0 Å². The van der Waals surface area contributed by atoms with Crippen molar-refractivity contribution in [1.29, 1.82) is 10.7 Å². The molecule has 0 atom stereocenters. The minimum Gasteiger partial charge on any atom is -0.303 e. The second kappa shape index (κ2) is 3.76. The Morgan fingerprint density at radius 1 is 1.46 bits per heavy atom. The van der Waals surface area contributed by atoms with E-state index in [-0.39, 0.29) is 17.7 Å². The molecule has 0 fully saturated rings. The van der Waals surface area contributed by atoms with Crippen LogP contribution in [0, 0.1) is 28.4 Å². The summed E-state index contributed by atoms with van der Waals surface area (Å²) in [5.41, 5.74) is -0.164. The van der Waals surface area contributed by atoms with Crippen molar-refractivity contribution in [3.8, 4) is 6.07 Å². The molecule has 0 aromatic heterocycles. The number of nitrogens with zero attached hydrogens (tertiary/aromatic N) is 1. The predicted octanol–water partition coefficient (Wildman–Crippen LogP) is 2.25. The molecule has 0 saturated heterocycles. The molecule has 0 saturated carbocycles. The Kier molecular flexibility index (Phi) is 2.70. The minimum absolute atomic E-state index is 0.0250. The lowest BCUT2D eigenvalue weighted by Crippen LogP contribution is -2.01. The van der Waals surface area contributed by atoms with Crippen LogP contribution in [0.1, 0.15) is 12.0 Å². The van der Waals surface area contributed by atoms with Crippen LogP contribution in [0.2, 0.25) is 0 Å². The van der Waals surface area contributed by atoms with Crippen molar-refractivity contribution in [1.82, 2.24) is 0 Å². The highest BCUT2D eigenvalue weighted by Gasteiger charge is 2.07. The topological polar surface area (TPSA) is 47.6 Å². The van der Waals surface area contributed by atoms with Crippen LogP contribution in [-0.4, -0.2) is 5.71 Å². The zero-order chi connectivity index (χ0) is 9.84. The smallest absolute Gasteiger partial charge is 0.135 e. The van der Waals surface area contributed by atoms with E-state index < -0.39 is 11.6 Å². The average Bonchev–Trinajstić information content (AvgIpc) is 2.04. The molecule has 1 N–H and O–H groups in total. The third-order valence-electron chi connectivity index (χ3n) is 1.51. The van der Waals surface area contributed by atoms with E-state index in [0.29, 0.717) is 6.07 Å². The molecular weight excluding hydrogens is 174 g/mol. The molecule has 0 spiro atoms. The molecule has 4 heteroatoms. The Morgan fingerprint density at radius 2 is 2.15 bits per heavy atom. The number of benzene rings is 1. The van der Waals surface area contributed by atoms with Crippen molar-refractivity contribution in [3.05, 3.63) is 35.4 Å². The summed E-state index contributed by atoms with van der Waals surface area (Å²) in [6.45, 7) is 0. The minimum atomic E-state index is -0.805. The van der Waals surface area contributed by atoms with Crippen LogP contribution in [0.25, 0.3) is 0 Å². The number of rotatable bonds is 2. The Labute approximate surface area is 73.9 Å². The Balaban J connectivity index is 3.03. The fourth-order valence-electron chi connectivity index (χ4n) is 0.908. The highest BCUT2D eigenvalue weighted by Crippen LogP contribution is 2.11. The van der Waals surface area contributed by atoms with Gasteiger partial charge in [-0.1, -0.05) is 0 Å². The van der Waals surface area contributed by atoms with Gasteiger partial charge in [-0.05, 0) is 12.1 Å². The van der Waals surface area contributed by atoms with Crippen LogP contribution in [0.5, 0.6) is 0 Å². The molecule has 2 nitrogen and oxygen atoms in total. The molecule has 0 unspecified atom stereocenters. The van der Waals surface area contributed by atoms with Gasteiger partial charge < -0.3 is 5.41 Å². The number of hydrogen-bond acceptors (Lipinski definition) is 2. The molecule has 0 bridgehead atoms. The molecular formula is C9H6F2N2. The maximum Gasteiger partial charge on any atom is 0.135 e. The van der Waals surface area contributed by atoms with Crippen molar-refractivity contribution in [2.45, 2.75) is 6.42 Å². The molecule has 13 heavy (non-hydrogen) atoms. The summed E-state index contributed by atoms with van der Waals surface area (Å²) in [6, 6.07) is 4.64. The summed E-state index contributed by atoms with van der Waals surface area (Å²) in [7, 11) is 0. The highest BCUT2D eigenvalue weighted by molar-refractivity contribution is 5.99. The van der Waals surface area contributed by atoms with Gasteiger partial charge in [0.05, 0.1) is 18.2 Å². The van der Waals surface area contributed by atoms with Gasteiger partial charge in [-0.3, -0.25) is 0 Å². The van der Waals surface area contributed by atoms with Gasteiger partial charge in [-0.25, -0.2) is 8.78 Å². The lowest BCUT2D eigenvalue weighted by molar-refractivity contribution is 0.581. The third-order valence-corrected chi connectivity index (χ3v) is 1.51. The molecule has 0 heterocycles. The predicted molar refractivity (Wildman–Crippen MR) is 43.4 cm³/mol. The second-order valence-electron chi connectivity index (χ2n) is 2.44. The maximum atomic E-state index is 12.9. The zero-order valence-electron chi connectivity index (χ0n) is 6.64. The fourth-order valence-corrected chi connectivity index (χ4v) is 0.908. The average molecular weight is 180 g/mol. The van der Waals surface area contributed by atoms with Crippen LogP contribution in [0.4, 0.5) is 8.78 Å². The molecule has 0 aliphatic rings. The van der Waals surface area contributed by atoms with Crippen molar-refractivity contribution in [2.75, 3.05) is 0 Å². The van der Waals surface area contributed by atoms with Crippen LogP contribution in [0.15, 0.2) is 18.2 Å². The SMILES string of the molecule is N#CCC(=N)c1ccc(F)cc1F. The van der Waals surface area contributed by atoms with Crippen molar-refractivity contribution < 1.29 is 8.78 Å². The molecule has 0 aliphatic carbocycles. The Hall–Kier alpha value is -1.76. The number of hydrogen-bond donors (Lipinski definition) is 1. The van der Waals surface area contributed by atoms with E-state index in [9.17, 15) is 8.78 Å². The molecule has 0 aliphatic heterocycles. The van der Waals surface area contributed by atoms with Gasteiger partial charge in [-0.2, -0.15) is 5.26 Å². The van der Waals surface area contributed by atoms with Crippen LogP contribution in [-0.2, 0) is 0 Å². The lowest BCUT2D eigenvalue weighted by atomic mass is 10.1. The molecule has 66 valence electrons. The van der Waals surface area contributed by atoms with Gasteiger partial charge in [-0.15, -0.1) is 0 Å². The fraction of sp³-hybridized carbons (Fsp3) is 0.111. The standard InChI is InChI=1S/C9H6F2N2/c10-6-1-2-7(8(11)5-6)9(13)3-4-12/h1-2,5,13H,3H2. The summed E-state index contributed by atoms with van der Waals surface area (Å²) < 4.78 is 25.4. The first-order valence-electron chi connectivity index (χ1n) is 3.55. The number of nitriles is 1. The largest absolute Gasteiger partial charge is 0.303 e. The van der Waals surface area contributed by atoms with Gasteiger partial charge in [0.2, 0.25) is 0 Å². The highest BCUT2D eigenvalue weighted by atomic mass is 19.1. The number of nitrogens with one attached hydrogen (secondary N) is 1. The maximum absolute atomic E-state index is 12.9. The summed E-state index contributed by atoms with van der Waals surface area (Å²) in [5, 5.41) is 15.5. The van der Waals surface area contributed by atoms with E-state index in [1.807, 2.05) is 0 Å². The first kappa shape index (κ1) is 9.33. The van der Waals surface area contributed by atoms with Gasteiger partial charge in [0, 0.05) is 11.6 Å². The van der Waals surface area contributed by atoms with E-state index in [1.165, 1.54) is 0 Å². The number of halogens is 2. The van der Waals surface area contributed by atoms with Crippen molar-refractivity contribution >= 4 is 5.71 Å². The van der Waals surface area contributed by atoms with Gasteiger partial charge in [0.15, 0.2) is 0 Å². The molecule has 0 amide bonds. The van der Waals surface area contributed by atoms with E-state index in [0.717, 1.165) is 12.1 Å². The van der Waals surface area contributed by atoms with E-state index >= 15 is 0 Å². The van der Waals surface area contributed by atoms with Crippen molar-refractivity contribution in [3.63, 3.8) is 0 Å². The zero-order valence-corrected chi connectivity index (χ0v) is 6.64. The van der Waals surface area contributed by atoms with Crippen LogP contribution >= 0.6 is 0 Å². The van der Waals surface area contributed by atoms with Crippen LogP contribution in [0.3, 0.4) is 0 Å². The normalized spacial score (nSPS) is 9.31.